The van der Waals surface area contributed by atoms with E-state index in [0.717, 1.165) is 42.4 Å². The molecule has 0 amide bonds. The van der Waals surface area contributed by atoms with Gasteiger partial charge in [0.2, 0.25) is 0 Å². The molecule has 0 spiro atoms. The minimum absolute atomic E-state index is 0.0890. The molecule has 21 heavy (non-hydrogen) atoms. The normalized spacial score (nSPS) is 22.6. The van der Waals surface area contributed by atoms with Crippen LogP contribution in [0.15, 0.2) is 30.5 Å². The summed E-state index contributed by atoms with van der Waals surface area (Å²) >= 11 is 0. The fourth-order valence-corrected chi connectivity index (χ4v) is 3.18. The molecule has 2 aromatic heterocycles. The zero-order valence-electron chi connectivity index (χ0n) is 13.0. The molecule has 0 radical (unpaired) electrons. The topological polar surface area (TPSA) is 41.9 Å². The van der Waals surface area contributed by atoms with Gasteiger partial charge in [-0.1, -0.05) is 6.07 Å². The summed E-state index contributed by atoms with van der Waals surface area (Å²) in [5.41, 5.74) is 3.11. The second-order valence-electron chi connectivity index (χ2n) is 6.09. The molecule has 2 aromatic rings. The molecule has 1 atom stereocenters. The van der Waals surface area contributed by atoms with Gasteiger partial charge in [-0.2, -0.15) is 0 Å². The van der Waals surface area contributed by atoms with Crippen LogP contribution in [0.25, 0.3) is 0 Å². The third kappa shape index (κ3) is 2.81. The first-order valence-corrected chi connectivity index (χ1v) is 7.56. The van der Waals surface area contributed by atoms with Crippen LogP contribution in [-0.2, 0) is 12.1 Å². The van der Waals surface area contributed by atoms with Crippen LogP contribution in [0.1, 0.15) is 42.7 Å². The molecule has 0 N–H and O–H groups in total. The van der Waals surface area contributed by atoms with Crippen molar-refractivity contribution < 1.29 is 0 Å². The summed E-state index contributed by atoms with van der Waals surface area (Å²) in [7, 11) is 0. The molecule has 0 aliphatic carbocycles. The Morgan fingerprint density at radius 1 is 1.19 bits per heavy atom. The summed E-state index contributed by atoms with van der Waals surface area (Å²) in [5.74, 6) is 0.952. The number of hydrogen-bond donors (Lipinski definition) is 0. The van der Waals surface area contributed by atoms with Crippen LogP contribution < -0.4 is 0 Å². The van der Waals surface area contributed by atoms with E-state index >= 15 is 0 Å². The van der Waals surface area contributed by atoms with Gasteiger partial charge in [0, 0.05) is 24.1 Å². The molecule has 1 saturated heterocycles. The van der Waals surface area contributed by atoms with E-state index in [1.807, 2.05) is 38.2 Å². The summed E-state index contributed by atoms with van der Waals surface area (Å²) in [4.78, 5) is 16.3. The van der Waals surface area contributed by atoms with E-state index in [0.29, 0.717) is 0 Å². The van der Waals surface area contributed by atoms with Gasteiger partial charge in [0.15, 0.2) is 0 Å². The standard InChI is InChI=1S/C17H22N4/c1-13-11-14(2)20-16(19-13)17(3)8-6-10-21(17)12-15-7-4-5-9-18-15/h4-5,7,9,11H,6,8,10,12H2,1-3H3. The lowest BCUT2D eigenvalue weighted by atomic mass is 9.97. The van der Waals surface area contributed by atoms with Gasteiger partial charge in [0.1, 0.15) is 5.82 Å². The number of pyridine rings is 1. The molecule has 1 aliphatic heterocycles. The maximum absolute atomic E-state index is 4.71. The average molecular weight is 282 g/mol. The Bertz CT molecular complexity index is 606. The predicted molar refractivity (Wildman–Crippen MR) is 82.7 cm³/mol. The second-order valence-corrected chi connectivity index (χ2v) is 6.09. The van der Waals surface area contributed by atoms with E-state index in [2.05, 4.69) is 22.9 Å². The minimum Gasteiger partial charge on any atom is -0.285 e. The van der Waals surface area contributed by atoms with Gasteiger partial charge >= 0.3 is 0 Å². The molecule has 1 aliphatic rings. The van der Waals surface area contributed by atoms with Crippen molar-refractivity contribution in [2.75, 3.05) is 6.54 Å². The zero-order valence-corrected chi connectivity index (χ0v) is 13.0. The second kappa shape index (κ2) is 5.53. The summed E-state index contributed by atoms with van der Waals surface area (Å²) in [6, 6.07) is 8.12. The van der Waals surface area contributed by atoms with Crippen molar-refractivity contribution in [3.8, 4) is 0 Å². The SMILES string of the molecule is Cc1cc(C)nc(C2(C)CCCN2Cc2ccccn2)n1. The first kappa shape index (κ1) is 14.1. The molecule has 4 heteroatoms. The van der Waals surface area contributed by atoms with E-state index < -0.39 is 0 Å². The van der Waals surface area contributed by atoms with Gasteiger partial charge in [0.05, 0.1) is 11.2 Å². The van der Waals surface area contributed by atoms with Gasteiger partial charge in [-0.05, 0) is 58.4 Å². The van der Waals surface area contributed by atoms with Crippen LogP contribution in [0.4, 0.5) is 0 Å². The maximum atomic E-state index is 4.71. The summed E-state index contributed by atoms with van der Waals surface area (Å²) < 4.78 is 0. The molecule has 0 saturated carbocycles. The van der Waals surface area contributed by atoms with Crippen LogP contribution in [-0.4, -0.2) is 26.4 Å². The van der Waals surface area contributed by atoms with Gasteiger partial charge in [0.25, 0.3) is 0 Å². The Labute approximate surface area is 126 Å². The molecular weight excluding hydrogens is 260 g/mol. The highest BCUT2D eigenvalue weighted by molar-refractivity contribution is 5.16. The van der Waals surface area contributed by atoms with E-state index in [1.54, 1.807) is 0 Å². The smallest absolute Gasteiger partial charge is 0.148 e. The highest BCUT2D eigenvalue weighted by atomic mass is 15.2. The molecular formula is C17H22N4. The average Bonchev–Trinajstić information content (AvgIpc) is 2.82. The molecule has 1 unspecified atom stereocenters. The van der Waals surface area contributed by atoms with Crippen LogP contribution in [0, 0.1) is 13.8 Å². The third-order valence-corrected chi connectivity index (χ3v) is 4.33. The Morgan fingerprint density at radius 2 is 1.95 bits per heavy atom. The van der Waals surface area contributed by atoms with Crippen LogP contribution in [0.2, 0.25) is 0 Å². The highest BCUT2D eigenvalue weighted by Gasteiger charge is 2.40. The van der Waals surface area contributed by atoms with Crippen LogP contribution in [0.5, 0.6) is 0 Å². The highest BCUT2D eigenvalue weighted by Crippen LogP contribution is 2.37. The molecule has 4 nitrogen and oxygen atoms in total. The lowest BCUT2D eigenvalue weighted by Gasteiger charge is -2.34. The zero-order chi connectivity index (χ0) is 14.9. The third-order valence-electron chi connectivity index (χ3n) is 4.33. The molecule has 110 valence electrons. The van der Waals surface area contributed by atoms with Crippen molar-refractivity contribution in [1.29, 1.82) is 0 Å². The van der Waals surface area contributed by atoms with Gasteiger partial charge in [-0.15, -0.1) is 0 Å². The molecule has 3 rings (SSSR count). The molecule has 0 bridgehead atoms. The van der Waals surface area contributed by atoms with E-state index in [1.165, 1.54) is 6.42 Å². The lowest BCUT2D eigenvalue weighted by Crippen LogP contribution is -2.40. The number of aromatic nitrogens is 3. The number of hydrogen-bond acceptors (Lipinski definition) is 4. The number of aryl methyl sites for hydroxylation is 2. The lowest BCUT2D eigenvalue weighted by molar-refractivity contribution is 0.135. The van der Waals surface area contributed by atoms with Crippen molar-refractivity contribution in [2.24, 2.45) is 0 Å². The predicted octanol–water partition coefficient (Wildman–Crippen LogP) is 3.00. The number of rotatable bonds is 3. The summed E-state index contributed by atoms with van der Waals surface area (Å²) in [6.45, 7) is 8.27. The largest absolute Gasteiger partial charge is 0.285 e. The quantitative estimate of drug-likeness (QED) is 0.868. The van der Waals surface area contributed by atoms with Gasteiger partial charge in [-0.25, -0.2) is 9.97 Å². The van der Waals surface area contributed by atoms with Crippen LogP contribution in [0.3, 0.4) is 0 Å². The summed E-state index contributed by atoms with van der Waals surface area (Å²) in [5, 5.41) is 0. The summed E-state index contributed by atoms with van der Waals surface area (Å²) in [6.07, 6.45) is 4.14. The molecule has 1 fully saturated rings. The Kier molecular flexibility index (Phi) is 3.72. The van der Waals surface area contributed by atoms with E-state index in [9.17, 15) is 0 Å². The monoisotopic (exact) mass is 282 g/mol. The minimum atomic E-state index is -0.0890. The molecule has 0 aromatic carbocycles. The van der Waals surface area contributed by atoms with Crippen molar-refractivity contribution in [1.82, 2.24) is 19.9 Å². The Hall–Kier alpha value is -1.81. The van der Waals surface area contributed by atoms with Crippen molar-refractivity contribution in [3.63, 3.8) is 0 Å². The number of nitrogens with zero attached hydrogens (tertiary/aromatic N) is 4. The molecule has 3 heterocycles. The van der Waals surface area contributed by atoms with Crippen LogP contribution >= 0.6 is 0 Å². The van der Waals surface area contributed by atoms with Gasteiger partial charge < -0.3 is 0 Å². The fraction of sp³-hybridized carbons (Fsp3) is 0.471. The Morgan fingerprint density at radius 3 is 2.62 bits per heavy atom. The number of likely N-dealkylation sites (tertiary alicyclic amines) is 1. The fourth-order valence-electron chi connectivity index (χ4n) is 3.18. The van der Waals surface area contributed by atoms with Crippen molar-refractivity contribution >= 4 is 0 Å². The van der Waals surface area contributed by atoms with Crippen molar-refractivity contribution in [2.45, 2.75) is 45.7 Å². The van der Waals surface area contributed by atoms with Gasteiger partial charge in [-0.3, -0.25) is 9.88 Å². The van der Waals surface area contributed by atoms with E-state index in [-0.39, 0.29) is 5.54 Å². The first-order chi connectivity index (χ1) is 10.1. The Balaban J connectivity index is 1.91. The van der Waals surface area contributed by atoms with Crippen molar-refractivity contribution in [3.05, 3.63) is 53.4 Å². The first-order valence-electron chi connectivity index (χ1n) is 7.56. The maximum Gasteiger partial charge on any atom is 0.148 e. The van der Waals surface area contributed by atoms with E-state index in [4.69, 9.17) is 9.97 Å².